The highest BCUT2D eigenvalue weighted by Gasteiger charge is 2.09. The van der Waals surface area contributed by atoms with Gasteiger partial charge in [-0.2, -0.15) is 0 Å². The molecule has 2 nitrogen and oxygen atoms in total. The second-order valence-corrected chi connectivity index (χ2v) is 5.33. The Labute approximate surface area is 105 Å². The van der Waals surface area contributed by atoms with E-state index in [2.05, 4.69) is 20.9 Å². The summed E-state index contributed by atoms with van der Waals surface area (Å²) in [5.74, 6) is -0.249. The first kappa shape index (κ1) is 11.7. The third kappa shape index (κ3) is 2.87. The van der Waals surface area contributed by atoms with Crippen LogP contribution in [0.25, 0.3) is 0 Å². The predicted molar refractivity (Wildman–Crippen MR) is 66.8 cm³/mol. The Morgan fingerprint density at radius 2 is 2.25 bits per heavy atom. The van der Waals surface area contributed by atoms with E-state index in [0.29, 0.717) is 6.42 Å². The molecule has 0 aliphatic rings. The van der Waals surface area contributed by atoms with Gasteiger partial charge in [-0.25, -0.2) is 4.39 Å². The van der Waals surface area contributed by atoms with Crippen LogP contribution in [0.4, 0.5) is 4.39 Å². The van der Waals surface area contributed by atoms with E-state index in [1.807, 2.05) is 6.07 Å². The standard InChI is InChI=1S/C11H10BrFN2S/c12-8-1-7(2-9(13)4-8)3-10(14)11-5-15-6-16-11/h1-2,4-6,10H,3,14H2. The molecule has 2 rings (SSSR count). The molecular weight excluding hydrogens is 291 g/mol. The monoisotopic (exact) mass is 300 g/mol. The minimum absolute atomic E-state index is 0.124. The lowest BCUT2D eigenvalue weighted by Gasteiger charge is -2.09. The highest BCUT2D eigenvalue weighted by molar-refractivity contribution is 9.10. The Kier molecular flexibility index (Phi) is 3.68. The number of rotatable bonds is 3. The normalized spacial score (nSPS) is 12.7. The number of thiazole rings is 1. The minimum atomic E-state index is -0.249. The summed E-state index contributed by atoms with van der Waals surface area (Å²) in [7, 11) is 0. The first-order chi connectivity index (χ1) is 7.65. The molecule has 0 amide bonds. The maximum Gasteiger partial charge on any atom is 0.124 e. The van der Waals surface area contributed by atoms with Gasteiger partial charge in [0.05, 0.1) is 5.51 Å². The van der Waals surface area contributed by atoms with Crippen molar-refractivity contribution in [1.82, 2.24) is 4.98 Å². The number of hydrogen-bond donors (Lipinski definition) is 1. The van der Waals surface area contributed by atoms with Crippen LogP contribution in [0.15, 0.2) is 34.4 Å². The van der Waals surface area contributed by atoms with Gasteiger partial charge in [0.1, 0.15) is 5.82 Å². The molecule has 1 heterocycles. The maximum absolute atomic E-state index is 13.1. The van der Waals surface area contributed by atoms with Gasteiger partial charge in [-0.05, 0) is 30.2 Å². The third-order valence-corrected chi connectivity index (χ3v) is 3.56. The molecule has 0 saturated heterocycles. The molecule has 0 aliphatic carbocycles. The van der Waals surface area contributed by atoms with Gasteiger partial charge < -0.3 is 5.73 Å². The molecule has 1 unspecified atom stereocenters. The molecule has 16 heavy (non-hydrogen) atoms. The van der Waals surface area contributed by atoms with Crippen molar-refractivity contribution in [2.24, 2.45) is 5.73 Å². The Balaban J connectivity index is 2.15. The predicted octanol–water partition coefficient (Wildman–Crippen LogP) is 3.29. The van der Waals surface area contributed by atoms with Crippen molar-refractivity contribution < 1.29 is 4.39 Å². The van der Waals surface area contributed by atoms with Crippen molar-refractivity contribution in [2.45, 2.75) is 12.5 Å². The molecule has 0 saturated carbocycles. The number of halogens is 2. The van der Waals surface area contributed by atoms with Crippen LogP contribution in [0.1, 0.15) is 16.5 Å². The zero-order valence-electron chi connectivity index (χ0n) is 8.36. The van der Waals surface area contributed by atoms with Gasteiger partial charge in [-0.3, -0.25) is 4.98 Å². The Bertz CT molecular complexity index is 453. The largest absolute Gasteiger partial charge is 0.323 e. The van der Waals surface area contributed by atoms with Crippen molar-refractivity contribution in [3.63, 3.8) is 0 Å². The molecule has 0 aliphatic heterocycles. The van der Waals surface area contributed by atoms with Gasteiger partial charge in [0.15, 0.2) is 0 Å². The average molecular weight is 301 g/mol. The molecular formula is C11H10BrFN2S. The lowest BCUT2D eigenvalue weighted by Crippen LogP contribution is -2.11. The van der Waals surface area contributed by atoms with Crippen LogP contribution in [0.3, 0.4) is 0 Å². The van der Waals surface area contributed by atoms with E-state index in [4.69, 9.17) is 5.73 Å². The molecule has 2 aromatic rings. The molecule has 84 valence electrons. The highest BCUT2D eigenvalue weighted by atomic mass is 79.9. The van der Waals surface area contributed by atoms with Crippen molar-refractivity contribution in [1.29, 1.82) is 0 Å². The first-order valence-corrected chi connectivity index (χ1v) is 6.41. The SMILES string of the molecule is NC(Cc1cc(F)cc(Br)c1)c1cncs1. The molecule has 5 heteroatoms. The van der Waals surface area contributed by atoms with Crippen LogP contribution >= 0.6 is 27.3 Å². The van der Waals surface area contributed by atoms with Gasteiger partial charge in [0.2, 0.25) is 0 Å². The zero-order chi connectivity index (χ0) is 11.5. The van der Waals surface area contributed by atoms with E-state index in [1.54, 1.807) is 11.7 Å². The number of benzene rings is 1. The summed E-state index contributed by atoms with van der Waals surface area (Å²) in [6, 6.07) is 4.69. The fourth-order valence-corrected chi connectivity index (χ4v) is 2.63. The lowest BCUT2D eigenvalue weighted by atomic mass is 10.1. The van der Waals surface area contributed by atoms with Crippen LogP contribution in [0.5, 0.6) is 0 Å². The summed E-state index contributed by atoms with van der Waals surface area (Å²) in [6.45, 7) is 0. The minimum Gasteiger partial charge on any atom is -0.323 e. The Hall–Kier alpha value is -0.780. The summed E-state index contributed by atoms with van der Waals surface area (Å²) in [6.07, 6.45) is 2.36. The number of aromatic nitrogens is 1. The zero-order valence-corrected chi connectivity index (χ0v) is 10.8. The summed E-state index contributed by atoms with van der Waals surface area (Å²) < 4.78 is 13.9. The van der Waals surface area contributed by atoms with Crippen molar-refractivity contribution in [3.05, 3.63) is 50.6 Å². The summed E-state index contributed by atoms with van der Waals surface area (Å²) in [5, 5.41) is 0. The summed E-state index contributed by atoms with van der Waals surface area (Å²) in [4.78, 5) is 4.99. The third-order valence-electron chi connectivity index (χ3n) is 2.19. The Morgan fingerprint density at radius 3 is 2.88 bits per heavy atom. The molecule has 0 radical (unpaired) electrons. The summed E-state index contributed by atoms with van der Waals surface area (Å²) >= 11 is 4.78. The Morgan fingerprint density at radius 1 is 1.44 bits per heavy atom. The number of nitrogens with zero attached hydrogens (tertiary/aromatic N) is 1. The van der Waals surface area contributed by atoms with E-state index in [9.17, 15) is 4.39 Å². The summed E-state index contributed by atoms with van der Waals surface area (Å²) in [5.41, 5.74) is 8.63. The maximum atomic E-state index is 13.1. The lowest BCUT2D eigenvalue weighted by molar-refractivity contribution is 0.621. The van der Waals surface area contributed by atoms with Gasteiger partial charge in [-0.15, -0.1) is 11.3 Å². The number of nitrogens with two attached hydrogens (primary N) is 1. The second-order valence-electron chi connectivity index (χ2n) is 3.49. The van der Waals surface area contributed by atoms with Crippen molar-refractivity contribution in [2.75, 3.05) is 0 Å². The van der Waals surface area contributed by atoms with Crippen LogP contribution in [0, 0.1) is 5.82 Å². The second kappa shape index (κ2) is 5.03. The topological polar surface area (TPSA) is 38.9 Å². The van der Waals surface area contributed by atoms with Crippen molar-refractivity contribution >= 4 is 27.3 Å². The van der Waals surface area contributed by atoms with Gasteiger partial charge >= 0.3 is 0 Å². The van der Waals surface area contributed by atoms with Gasteiger partial charge in [0.25, 0.3) is 0 Å². The molecule has 0 bridgehead atoms. The molecule has 1 aromatic heterocycles. The van der Waals surface area contributed by atoms with Crippen LogP contribution in [0.2, 0.25) is 0 Å². The smallest absolute Gasteiger partial charge is 0.124 e. The average Bonchev–Trinajstić information content (AvgIpc) is 2.68. The highest BCUT2D eigenvalue weighted by Crippen LogP contribution is 2.22. The van der Waals surface area contributed by atoms with Crippen LogP contribution < -0.4 is 5.73 Å². The van der Waals surface area contributed by atoms with Gasteiger partial charge in [-0.1, -0.05) is 15.9 Å². The van der Waals surface area contributed by atoms with Crippen LogP contribution in [-0.4, -0.2) is 4.98 Å². The molecule has 0 spiro atoms. The molecule has 1 aromatic carbocycles. The van der Waals surface area contributed by atoms with E-state index in [1.165, 1.54) is 23.5 Å². The van der Waals surface area contributed by atoms with E-state index in [-0.39, 0.29) is 11.9 Å². The van der Waals surface area contributed by atoms with Crippen molar-refractivity contribution in [3.8, 4) is 0 Å². The fourth-order valence-electron chi connectivity index (χ4n) is 1.49. The fraction of sp³-hybridized carbons (Fsp3) is 0.182. The molecule has 0 fully saturated rings. The first-order valence-electron chi connectivity index (χ1n) is 4.74. The van der Waals surface area contributed by atoms with Crippen LogP contribution in [-0.2, 0) is 6.42 Å². The van der Waals surface area contributed by atoms with E-state index >= 15 is 0 Å². The van der Waals surface area contributed by atoms with Gasteiger partial charge in [0, 0.05) is 21.6 Å². The van der Waals surface area contributed by atoms with E-state index < -0.39 is 0 Å². The molecule has 1 atom stereocenters. The quantitative estimate of drug-likeness (QED) is 0.945. The van der Waals surface area contributed by atoms with E-state index in [0.717, 1.165) is 14.9 Å². The molecule has 2 N–H and O–H groups in total. The number of hydrogen-bond acceptors (Lipinski definition) is 3.